The summed E-state index contributed by atoms with van der Waals surface area (Å²) in [5.41, 5.74) is 2.42. The molecule has 2 aliphatic rings. The van der Waals surface area contributed by atoms with Gasteiger partial charge in [0, 0.05) is 51.5 Å². The first-order chi connectivity index (χ1) is 17.7. The van der Waals surface area contributed by atoms with E-state index < -0.39 is 0 Å². The van der Waals surface area contributed by atoms with Gasteiger partial charge in [0.2, 0.25) is 5.91 Å². The summed E-state index contributed by atoms with van der Waals surface area (Å²) in [7, 11) is 0. The molecular formula is C29H37N5O2. The number of hydrogen-bond acceptors (Lipinski definition) is 5. The number of carbonyl (C=O) groups is 1. The number of ether oxygens (including phenoxy) is 1. The molecule has 0 unspecified atom stereocenters. The standard InChI is InChI=1S/C29H37N5O2/c35-29(25-11-5-2-6-12-25)30-16-14-27-31-32-28-15-17-33(18-19-34(27)28)21-24-10-7-13-26(20-24)36-22-23-8-3-1-4-9-23/h1,3-4,7-10,13,20,25H,2,5-6,11-12,14-19,21-22H2,(H,30,35). The van der Waals surface area contributed by atoms with Crippen LogP contribution in [-0.4, -0.2) is 45.2 Å². The molecule has 5 rings (SSSR count). The second-order valence-corrected chi connectivity index (χ2v) is 10.0. The van der Waals surface area contributed by atoms with Crippen molar-refractivity contribution in [2.75, 3.05) is 19.6 Å². The molecule has 0 bridgehead atoms. The molecule has 1 N–H and O–H groups in total. The van der Waals surface area contributed by atoms with Crippen LogP contribution in [0.25, 0.3) is 0 Å². The van der Waals surface area contributed by atoms with Crippen molar-refractivity contribution in [3.8, 4) is 5.75 Å². The van der Waals surface area contributed by atoms with Gasteiger partial charge in [-0.15, -0.1) is 10.2 Å². The van der Waals surface area contributed by atoms with E-state index in [1.54, 1.807) is 0 Å². The van der Waals surface area contributed by atoms with Gasteiger partial charge in [0.05, 0.1) is 0 Å². The highest BCUT2D eigenvalue weighted by Gasteiger charge is 2.22. The maximum absolute atomic E-state index is 12.5. The van der Waals surface area contributed by atoms with Gasteiger partial charge >= 0.3 is 0 Å². The molecule has 0 saturated heterocycles. The van der Waals surface area contributed by atoms with Crippen molar-refractivity contribution in [2.24, 2.45) is 5.92 Å². The molecule has 1 saturated carbocycles. The van der Waals surface area contributed by atoms with E-state index in [1.807, 2.05) is 24.3 Å². The zero-order chi connectivity index (χ0) is 24.6. The van der Waals surface area contributed by atoms with Gasteiger partial charge in [0.15, 0.2) is 0 Å². The lowest BCUT2D eigenvalue weighted by Gasteiger charge is -2.21. The van der Waals surface area contributed by atoms with E-state index in [0.29, 0.717) is 13.2 Å². The Bertz CT molecular complexity index is 1120. The molecule has 1 aromatic heterocycles. The van der Waals surface area contributed by atoms with Crippen molar-refractivity contribution in [2.45, 2.75) is 64.6 Å². The average molecular weight is 488 g/mol. The van der Waals surface area contributed by atoms with Crippen LogP contribution < -0.4 is 10.1 Å². The van der Waals surface area contributed by atoms with Gasteiger partial charge in [-0.2, -0.15) is 0 Å². The van der Waals surface area contributed by atoms with Crippen LogP contribution in [0.2, 0.25) is 0 Å². The summed E-state index contributed by atoms with van der Waals surface area (Å²) in [6.45, 7) is 4.86. The second-order valence-electron chi connectivity index (χ2n) is 10.0. The van der Waals surface area contributed by atoms with E-state index in [-0.39, 0.29) is 11.8 Å². The zero-order valence-electron chi connectivity index (χ0n) is 21.1. The number of amides is 1. The molecule has 1 aliphatic carbocycles. The number of carbonyl (C=O) groups excluding carboxylic acids is 1. The fourth-order valence-electron chi connectivity index (χ4n) is 5.31. The molecule has 190 valence electrons. The minimum Gasteiger partial charge on any atom is -0.489 e. The topological polar surface area (TPSA) is 72.3 Å². The summed E-state index contributed by atoms with van der Waals surface area (Å²) in [5.74, 6) is 3.34. The van der Waals surface area contributed by atoms with Crippen LogP contribution in [0.4, 0.5) is 0 Å². The van der Waals surface area contributed by atoms with Crippen molar-refractivity contribution in [1.82, 2.24) is 25.0 Å². The van der Waals surface area contributed by atoms with E-state index in [9.17, 15) is 4.79 Å². The van der Waals surface area contributed by atoms with Crippen molar-refractivity contribution < 1.29 is 9.53 Å². The van der Waals surface area contributed by atoms with Crippen molar-refractivity contribution in [3.63, 3.8) is 0 Å². The third-order valence-electron chi connectivity index (χ3n) is 7.37. The molecule has 0 radical (unpaired) electrons. The first-order valence-corrected chi connectivity index (χ1v) is 13.4. The van der Waals surface area contributed by atoms with E-state index >= 15 is 0 Å². The monoisotopic (exact) mass is 487 g/mol. The molecule has 7 heteroatoms. The maximum Gasteiger partial charge on any atom is 0.223 e. The maximum atomic E-state index is 12.5. The lowest BCUT2D eigenvalue weighted by atomic mass is 9.89. The molecule has 7 nitrogen and oxygen atoms in total. The molecule has 3 aromatic rings. The molecule has 0 spiro atoms. The summed E-state index contributed by atoms with van der Waals surface area (Å²) in [6.07, 6.45) is 7.29. The number of fused-ring (bicyclic) bond motifs is 1. The zero-order valence-corrected chi connectivity index (χ0v) is 21.1. The van der Waals surface area contributed by atoms with E-state index in [0.717, 1.165) is 69.3 Å². The number of nitrogens with one attached hydrogen (secondary N) is 1. The van der Waals surface area contributed by atoms with Crippen LogP contribution in [0.5, 0.6) is 5.75 Å². The Hall–Kier alpha value is -3.19. The van der Waals surface area contributed by atoms with Gasteiger partial charge in [-0.1, -0.05) is 61.7 Å². The summed E-state index contributed by atoms with van der Waals surface area (Å²) < 4.78 is 8.28. The molecule has 1 fully saturated rings. The third kappa shape index (κ3) is 6.52. The molecule has 0 atom stereocenters. The Morgan fingerprint density at radius 2 is 1.78 bits per heavy atom. The normalized spacial score (nSPS) is 16.8. The van der Waals surface area contributed by atoms with Gasteiger partial charge in [0.1, 0.15) is 24.0 Å². The Morgan fingerprint density at radius 3 is 2.64 bits per heavy atom. The van der Waals surface area contributed by atoms with E-state index in [1.165, 1.54) is 30.4 Å². The van der Waals surface area contributed by atoms with Crippen LogP contribution in [-0.2, 0) is 37.3 Å². The minimum atomic E-state index is 0.199. The molecule has 36 heavy (non-hydrogen) atoms. The predicted octanol–water partition coefficient (Wildman–Crippen LogP) is 4.15. The van der Waals surface area contributed by atoms with Crippen LogP contribution in [0.15, 0.2) is 54.6 Å². The van der Waals surface area contributed by atoms with Crippen molar-refractivity contribution in [1.29, 1.82) is 0 Å². The Labute approximate surface area is 213 Å². The van der Waals surface area contributed by atoms with Crippen LogP contribution in [0, 0.1) is 5.92 Å². The molecule has 1 amide bonds. The van der Waals surface area contributed by atoms with Gasteiger partial charge in [-0.3, -0.25) is 9.69 Å². The molecule has 1 aliphatic heterocycles. The average Bonchev–Trinajstić information content (AvgIpc) is 3.20. The van der Waals surface area contributed by atoms with Gasteiger partial charge in [-0.25, -0.2) is 0 Å². The first-order valence-electron chi connectivity index (χ1n) is 13.4. The highest BCUT2D eigenvalue weighted by Crippen LogP contribution is 2.23. The highest BCUT2D eigenvalue weighted by molar-refractivity contribution is 5.78. The van der Waals surface area contributed by atoms with Crippen LogP contribution in [0.3, 0.4) is 0 Å². The fourth-order valence-corrected chi connectivity index (χ4v) is 5.31. The quantitative estimate of drug-likeness (QED) is 0.491. The number of benzene rings is 2. The fraction of sp³-hybridized carbons (Fsp3) is 0.483. The Kier molecular flexibility index (Phi) is 8.28. The molecular weight excluding hydrogens is 450 g/mol. The SMILES string of the molecule is O=C(NCCc1nnc2n1CCN(Cc1cccc(OCc3ccccc3)c1)CC2)C1CCCCC1. The largest absolute Gasteiger partial charge is 0.489 e. The molecule has 2 heterocycles. The van der Waals surface area contributed by atoms with Crippen LogP contribution in [0.1, 0.15) is 54.9 Å². The van der Waals surface area contributed by atoms with E-state index in [2.05, 4.69) is 55.3 Å². The smallest absolute Gasteiger partial charge is 0.223 e. The van der Waals surface area contributed by atoms with Gasteiger partial charge < -0.3 is 14.6 Å². The highest BCUT2D eigenvalue weighted by atomic mass is 16.5. The van der Waals surface area contributed by atoms with Gasteiger partial charge in [0.25, 0.3) is 0 Å². The Morgan fingerprint density at radius 1 is 0.944 bits per heavy atom. The summed E-state index contributed by atoms with van der Waals surface area (Å²) in [5, 5.41) is 12.0. The molecule has 2 aromatic carbocycles. The Balaban J connectivity index is 1.11. The number of aromatic nitrogens is 3. The lowest BCUT2D eigenvalue weighted by molar-refractivity contribution is -0.125. The van der Waals surface area contributed by atoms with Crippen molar-refractivity contribution >= 4 is 5.91 Å². The summed E-state index contributed by atoms with van der Waals surface area (Å²) in [4.78, 5) is 14.9. The summed E-state index contributed by atoms with van der Waals surface area (Å²) >= 11 is 0. The van der Waals surface area contributed by atoms with E-state index in [4.69, 9.17) is 4.74 Å². The van der Waals surface area contributed by atoms with Crippen LogP contribution >= 0.6 is 0 Å². The van der Waals surface area contributed by atoms with Gasteiger partial charge in [-0.05, 0) is 36.1 Å². The number of nitrogens with zero attached hydrogens (tertiary/aromatic N) is 4. The minimum absolute atomic E-state index is 0.199. The second kappa shape index (κ2) is 12.2. The number of hydrogen-bond donors (Lipinski definition) is 1. The first kappa shape index (κ1) is 24.5. The lowest BCUT2D eigenvalue weighted by Crippen LogP contribution is -2.33. The number of rotatable bonds is 9. The predicted molar refractivity (Wildman–Crippen MR) is 140 cm³/mol. The summed E-state index contributed by atoms with van der Waals surface area (Å²) in [6, 6.07) is 18.7. The van der Waals surface area contributed by atoms with Crippen molar-refractivity contribution in [3.05, 3.63) is 77.4 Å². The third-order valence-corrected chi connectivity index (χ3v) is 7.37.